The number of benzene rings is 1. The summed E-state index contributed by atoms with van der Waals surface area (Å²) in [4.78, 5) is 10.7. The van der Waals surface area contributed by atoms with Crippen molar-refractivity contribution in [1.82, 2.24) is 0 Å². The smallest absolute Gasteiger partial charge is 0.302 e. The summed E-state index contributed by atoms with van der Waals surface area (Å²) in [6.07, 6.45) is -1.83. The molecule has 1 aromatic carbocycles. The summed E-state index contributed by atoms with van der Waals surface area (Å²) in [7, 11) is 0. The lowest BCUT2D eigenvalue weighted by Gasteiger charge is -2.22. The van der Waals surface area contributed by atoms with Crippen LogP contribution in [0.4, 0.5) is 17.6 Å². The Kier molecular flexibility index (Phi) is 6.65. The summed E-state index contributed by atoms with van der Waals surface area (Å²) in [5.74, 6) is -5.24. The molecule has 0 spiro atoms. The van der Waals surface area contributed by atoms with Crippen molar-refractivity contribution in [2.75, 3.05) is 13.3 Å². The average molecular weight is 387 g/mol. The number of hydrogen-bond donors (Lipinski definition) is 0. The highest BCUT2D eigenvalue weighted by molar-refractivity contribution is 9.10. The van der Waals surface area contributed by atoms with Crippen molar-refractivity contribution in [2.24, 2.45) is 0 Å². The molecule has 0 N–H and O–H groups in total. The third kappa shape index (κ3) is 4.86. The Bertz CT molecular complexity index is 537. The fraction of sp³-hybridized carbons (Fsp3) is 0.500. The average Bonchev–Trinajstić information content (AvgIpc) is 2.46. The van der Waals surface area contributed by atoms with Gasteiger partial charge in [-0.05, 0) is 22.0 Å². The highest BCUT2D eigenvalue weighted by atomic mass is 79.9. The van der Waals surface area contributed by atoms with Gasteiger partial charge in [-0.25, -0.2) is 17.6 Å². The van der Waals surface area contributed by atoms with Gasteiger partial charge >= 0.3 is 5.97 Å². The van der Waals surface area contributed by atoms with Crippen LogP contribution in [0.25, 0.3) is 0 Å². The topological polar surface area (TPSA) is 35.5 Å². The first-order chi connectivity index (χ1) is 10.2. The molecule has 0 bridgehead atoms. The normalized spacial score (nSPS) is 12.9. The van der Waals surface area contributed by atoms with Gasteiger partial charge in [0.05, 0.1) is 10.0 Å². The van der Waals surface area contributed by atoms with E-state index in [1.54, 1.807) is 0 Å². The minimum Gasteiger partial charge on any atom is -0.483 e. The Morgan fingerprint density at radius 1 is 1.41 bits per heavy atom. The number of carbonyl (C=O) groups excluding carboxylic acids is 1. The van der Waals surface area contributed by atoms with Gasteiger partial charge in [0.2, 0.25) is 0 Å². The van der Waals surface area contributed by atoms with E-state index in [1.807, 2.05) is 0 Å². The third-order valence-electron chi connectivity index (χ3n) is 2.80. The van der Waals surface area contributed by atoms with Crippen molar-refractivity contribution in [3.8, 4) is 5.75 Å². The van der Waals surface area contributed by atoms with Gasteiger partial charge in [-0.1, -0.05) is 6.92 Å². The third-order valence-corrected chi connectivity index (χ3v) is 3.41. The zero-order chi connectivity index (χ0) is 16.9. The van der Waals surface area contributed by atoms with Crippen molar-refractivity contribution in [3.63, 3.8) is 0 Å². The molecule has 22 heavy (non-hydrogen) atoms. The lowest BCUT2D eigenvalue weighted by Crippen LogP contribution is -2.28. The molecule has 0 aliphatic rings. The van der Waals surface area contributed by atoms with Crippen molar-refractivity contribution in [2.45, 2.75) is 32.3 Å². The monoisotopic (exact) mass is 386 g/mol. The summed E-state index contributed by atoms with van der Waals surface area (Å²) in [6, 6.07) is 1.65. The molecule has 0 aromatic heterocycles. The van der Waals surface area contributed by atoms with Crippen LogP contribution in [0.3, 0.4) is 0 Å². The van der Waals surface area contributed by atoms with Crippen LogP contribution in [0.15, 0.2) is 16.6 Å². The van der Waals surface area contributed by atoms with E-state index in [0.717, 1.165) is 19.1 Å². The largest absolute Gasteiger partial charge is 0.483 e. The Balaban J connectivity index is 3.10. The number of hydrogen-bond acceptors (Lipinski definition) is 3. The molecular weight excluding hydrogens is 372 g/mol. The van der Waals surface area contributed by atoms with Gasteiger partial charge in [0, 0.05) is 19.4 Å². The SMILES string of the molecule is CCC(F)(F)c1cc(Br)c(F)cc1OC(CF)COC(C)=O. The van der Waals surface area contributed by atoms with Crippen molar-refractivity contribution < 1.29 is 31.8 Å². The fourth-order valence-corrected chi connectivity index (χ4v) is 1.95. The minimum absolute atomic E-state index is 0.153. The molecular formula is C14H15BrF4O3. The van der Waals surface area contributed by atoms with E-state index >= 15 is 0 Å². The molecule has 8 heteroatoms. The highest BCUT2D eigenvalue weighted by Gasteiger charge is 2.34. The number of esters is 1. The first-order valence-corrected chi connectivity index (χ1v) is 7.23. The maximum atomic E-state index is 13.9. The number of halogens is 5. The Labute approximate surface area is 133 Å². The molecule has 0 heterocycles. The predicted molar refractivity (Wildman–Crippen MR) is 75.3 cm³/mol. The summed E-state index contributed by atoms with van der Waals surface area (Å²) < 4.78 is 63.8. The van der Waals surface area contributed by atoms with Crippen LogP contribution in [0.2, 0.25) is 0 Å². The molecule has 1 unspecified atom stereocenters. The maximum absolute atomic E-state index is 13.9. The Morgan fingerprint density at radius 3 is 2.55 bits per heavy atom. The van der Waals surface area contributed by atoms with Crippen LogP contribution < -0.4 is 4.74 Å². The summed E-state index contributed by atoms with van der Waals surface area (Å²) in [5, 5.41) is 0. The molecule has 0 amide bonds. The molecule has 1 atom stereocenters. The Hall–Kier alpha value is -1.31. The van der Waals surface area contributed by atoms with Gasteiger partial charge in [-0.3, -0.25) is 4.79 Å². The first kappa shape index (κ1) is 18.7. The number of rotatable bonds is 7. The molecule has 1 aromatic rings. The first-order valence-electron chi connectivity index (χ1n) is 6.44. The van der Waals surface area contributed by atoms with Gasteiger partial charge in [0.1, 0.15) is 24.8 Å². The molecule has 0 radical (unpaired) electrons. The molecule has 0 saturated carbocycles. The van der Waals surface area contributed by atoms with Crippen molar-refractivity contribution >= 4 is 21.9 Å². The Morgan fingerprint density at radius 2 is 2.05 bits per heavy atom. The second-order valence-corrected chi connectivity index (χ2v) is 5.37. The second-order valence-electron chi connectivity index (χ2n) is 4.52. The summed E-state index contributed by atoms with van der Waals surface area (Å²) >= 11 is 2.83. The standard InChI is InChI=1S/C14H15BrF4O3/c1-3-14(18,19)10-4-11(15)12(17)5-13(10)22-9(6-16)7-21-8(2)20/h4-5,9H,3,6-7H2,1-2H3. The lowest BCUT2D eigenvalue weighted by atomic mass is 10.0. The fourth-order valence-electron chi connectivity index (χ4n) is 1.60. The second kappa shape index (κ2) is 7.80. The zero-order valence-corrected chi connectivity index (χ0v) is 13.6. The van der Waals surface area contributed by atoms with E-state index in [1.165, 1.54) is 6.92 Å². The maximum Gasteiger partial charge on any atom is 0.302 e. The van der Waals surface area contributed by atoms with Crippen LogP contribution in [0.1, 0.15) is 25.8 Å². The number of carbonyl (C=O) groups is 1. The van der Waals surface area contributed by atoms with Gasteiger partial charge < -0.3 is 9.47 Å². The van der Waals surface area contributed by atoms with E-state index in [0.29, 0.717) is 0 Å². The highest BCUT2D eigenvalue weighted by Crippen LogP contribution is 2.40. The van der Waals surface area contributed by atoms with E-state index in [-0.39, 0.29) is 4.47 Å². The van der Waals surface area contributed by atoms with Crippen LogP contribution in [-0.2, 0) is 15.5 Å². The quantitative estimate of drug-likeness (QED) is 0.515. The van der Waals surface area contributed by atoms with Gasteiger partial charge in [-0.2, -0.15) is 0 Å². The molecule has 0 saturated heterocycles. The van der Waals surface area contributed by atoms with Crippen LogP contribution in [-0.4, -0.2) is 25.4 Å². The van der Waals surface area contributed by atoms with E-state index < -0.39 is 54.8 Å². The molecule has 0 aliphatic heterocycles. The molecule has 0 aliphatic carbocycles. The zero-order valence-electron chi connectivity index (χ0n) is 12.0. The van der Waals surface area contributed by atoms with Crippen LogP contribution >= 0.6 is 15.9 Å². The number of ether oxygens (including phenoxy) is 2. The summed E-state index contributed by atoms with van der Waals surface area (Å²) in [6.45, 7) is 0.834. The van der Waals surface area contributed by atoms with Gasteiger partial charge in [-0.15, -0.1) is 0 Å². The van der Waals surface area contributed by atoms with Gasteiger partial charge in [0.15, 0.2) is 6.10 Å². The van der Waals surface area contributed by atoms with Crippen LogP contribution in [0, 0.1) is 5.82 Å². The lowest BCUT2D eigenvalue weighted by molar-refractivity contribution is -0.143. The molecule has 0 fully saturated rings. The molecule has 124 valence electrons. The summed E-state index contributed by atoms with van der Waals surface area (Å²) in [5.41, 5.74) is -0.565. The van der Waals surface area contributed by atoms with E-state index in [2.05, 4.69) is 20.7 Å². The predicted octanol–water partition coefficient (Wildman–Crippen LogP) is 4.37. The van der Waals surface area contributed by atoms with Crippen LogP contribution in [0.5, 0.6) is 5.75 Å². The van der Waals surface area contributed by atoms with E-state index in [9.17, 15) is 22.4 Å². The van der Waals surface area contributed by atoms with Crippen molar-refractivity contribution in [1.29, 1.82) is 0 Å². The molecule has 3 nitrogen and oxygen atoms in total. The van der Waals surface area contributed by atoms with Crippen molar-refractivity contribution in [3.05, 3.63) is 28.0 Å². The van der Waals surface area contributed by atoms with E-state index in [4.69, 9.17) is 4.74 Å². The number of alkyl halides is 3. The molecule has 1 rings (SSSR count). The minimum atomic E-state index is -3.27. The van der Waals surface area contributed by atoms with Gasteiger partial charge in [0.25, 0.3) is 5.92 Å².